The minimum atomic E-state index is -1.01. The molecule has 1 unspecified atom stereocenters. The molecule has 0 bridgehead atoms. The second-order valence-electron chi connectivity index (χ2n) is 6.76. The Morgan fingerprint density at radius 2 is 1.63 bits per heavy atom. The third-order valence-corrected chi connectivity index (χ3v) is 5.00. The number of alkyl halides is 1. The van der Waals surface area contributed by atoms with E-state index in [9.17, 15) is 9.18 Å². The fourth-order valence-electron chi connectivity index (χ4n) is 2.63. The number of nitrogens with one attached hydrogen (secondary N) is 2. The van der Waals surface area contributed by atoms with E-state index in [0.29, 0.717) is 30.3 Å². The SMILES string of the molecule is CCC(=O)NCCc1ccc(-c2ccc(C(F)CNSC(C)C)cc2)cc1. The Morgan fingerprint density at radius 1 is 1.04 bits per heavy atom. The molecule has 0 aliphatic heterocycles. The second-order valence-corrected chi connectivity index (χ2v) is 8.22. The van der Waals surface area contributed by atoms with Crippen molar-refractivity contribution in [3.05, 3.63) is 59.7 Å². The van der Waals surface area contributed by atoms with Crippen molar-refractivity contribution in [2.75, 3.05) is 13.1 Å². The van der Waals surface area contributed by atoms with Crippen molar-refractivity contribution in [2.24, 2.45) is 0 Å². The van der Waals surface area contributed by atoms with Gasteiger partial charge in [-0.1, -0.05) is 81.3 Å². The zero-order valence-electron chi connectivity index (χ0n) is 16.3. The maximum absolute atomic E-state index is 14.3. The number of benzene rings is 2. The van der Waals surface area contributed by atoms with Gasteiger partial charge in [-0.25, -0.2) is 4.39 Å². The predicted molar refractivity (Wildman–Crippen MR) is 113 cm³/mol. The lowest BCUT2D eigenvalue weighted by atomic mass is 10.0. The van der Waals surface area contributed by atoms with Gasteiger partial charge in [0.1, 0.15) is 6.17 Å². The normalized spacial score (nSPS) is 12.2. The topological polar surface area (TPSA) is 41.1 Å². The zero-order chi connectivity index (χ0) is 19.6. The molecular weight excluding hydrogens is 359 g/mol. The molecule has 2 rings (SSSR count). The Kier molecular flexibility index (Phi) is 8.82. The molecule has 0 aliphatic rings. The van der Waals surface area contributed by atoms with Gasteiger partial charge < -0.3 is 5.32 Å². The van der Waals surface area contributed by atoms with Gasteiger partial charge in [0, 0.05) is 24.8 Å². The van der Waals surface area contributed by atoms with Crippen molar-refractivity contribution in [3.8, 4) is 11.1 Å². The summed E-state index contributed by atoms with van der Waals surface area (Å²) in [4.78, 5) is 11.3. The molecule has 2 N–H and O–H groups in total. The van der Waals surface area contributed by atoms with E-state index in [1.165, 1.54) is 5.56 Å². The van der Waals surface area contributed by atoms with E-state index in [1.807, 2.05) is 31.2 Å². The van der Waals surface area contributed by atoms with Crippen molar-refractivity contribution in [1.29, 1.82) is 0 Å². The van der Waals surface area contributed by atoms with Crippen LogP contribution in [0.15, 0.2) is 48.5 Å². The number of amides is 1. The Labute approximate surface area is 166 Å². The van der Waals surface area contributed by atoms with Crippen LogP contribution in [0.3, 0.4) is 0 Å². The van der Waals surface area contributed by atoms with Gasteiger partial charge in [-0.3, -0.25) is 9.52 Å². The van der Waals surface area contributed by atoms with Crippen molar-refractivity contribution >= 4 is 17.9 Å². The second kappa shape index (κ2) is 11.1. The summed E-state index contributed by atoms with van der Waals surface area (Å²) in [6.07, 6.45) is 0.322. The summed E-state index contributed by atoms with van der Waals surface area (Å²) >= 11 is 1.55. The standard InChI is InChI=1S/C22H29FN2OS/c1-4-22(26)24-14-13-17-5-7-18(8-6-17)19-9-11-20(12-10-19)21(23)15-25-27-16(2)3/h5-12,16,21,25H,4,13-15H2,1-3H3,(H,24,26). The minimum absolute atomic E-state index is 0.0795. The first kappa shape index (κ1) is 21.5. The van der Waals surface area contributed by atoms with Crippen LogP contribution in [0.5, 0.6) is 0 Å². The molecule has 2 aromatic rings. The van der Waals surface area contributed by atoms with E-state index in [1.54, 1.807) is 11.9 Å². The average Bonchev–Trinajstić information content (AvgIpc) is 2.68. The molecule has 3 nitrogen and oxygen atoms in total. The van der Waals surface area contributed by atoms with Crippen molar-refractivity contribution in [3.63, 3.8) is 0 Å². The number of carbonyl (C=O) groups excluding carboxylic acids is 1. The summed E-state index contributed by atoms with van der Waals surface area (Å²) in [6, 6.07) is 15.9. The maximum atomic E-state index is 14.3. The summed E-state index contributed by atoms with van der Waals surface area (Å²) in [5.74, 6) is 0.0795. The number of carbonyl (C=O) groups is 1. The van der Waals surface area contributed by atoms with Crippen molar-refractivity contribution in [1.82, 2.24) is 10.0 Å². The highest BCUT2D eigenvalue weighted by Crippen LogP contribution is 2.24. The van der Waals surface area contributed by atoms with E-state index in [-0.39, 0.29) is 5.91 Å². The first-order chi connectivity index (χ1) is 13.0. The highest BCUT2D eigenvalue weighted by Gasteiger charge is 2.10. The van der Waals surface area contributed by atoms with Gasteiger partial charge in [-0.2, -0.15) is 0 Å². The van der Waals surface area contributed by atoms with Gasteiger partial charge in [-0.05, 0) is 28.7 Å². The molecule has 0 aromatic heterocycles. The van der Waals surface area contributed by atoms with E-state index in [4.69, 9.17) is 0 Å². The highest BCUT2D eigenvalue weighted by molar-refractivity contribution is 7.97. The van der Waals surface area contributed by atoms with Crippen LogP contribution in [0.2, 0.25) is 0 Å². The third kappa shape index (κ3) is 7.35. The van der Waals surface area contributed by atoms with Gasteiger partial charge >= 0.3 is 0 Å². The van der Waals surface area contributed by atoms with Crippen LogP contribution < -0.4 is 10.0 Å². The van der Waals surface area contributed by atoms with Crippen LogP contribution in [-0.4, -0.2) is 24.2 Å². The van der Waals surface area contributed by atoms with E-state index in [0.717, 1.165) is 17.5 Å². The molecule has 0 radical (unpaired) electrons. The highest BCUT2D eigenvalue weighted by atomic mass is 32.2. The minimum Gasteiger partial charge on any atom is -0.356 e. The number of hydrogen-bond donors (Lipinski definition) is 2. The van der Waals surface area contributed by atoms with Crippen LogP contribution in [0.25, 0.3) is 11.1 Å². The van der Waals surface area contributed by atoms with Gasteiger partial charge in [0.05, 0.1) is 0 Å². The lowest BCUT2D eigenvalue weighted by Crippen LogP contribution is -2.24. The van der Waals surface area contributed by atoms with Crippen LogP contribution in [0.1, 0.15) is 44.5 Å². The Bertz CT molecular complexity index is 701. The van der Waals surface area contributed by atoms with Crippen LogP contribution in [0.4, 0.5) is 4.39 Å². The summed E-state index contributed by atoms with van der Waals surface area (Å²) in [7, 11) is 0. The molecule has 1 atom stereocenters. The molecular formula is C22H29FN2OS. The maximum Gasteiger partial charge on any atom is 0.219 e. The van der Waals surface area contributed by atoms with E-state index < -0.39 is 6.17 Å². The Hall–Kier alpha value is -1.85. The fourth-order valence-corrected chi connectivity index (χ4v) is 3.20. The zero-order valence-corrected chi connectivity index (χ0v) is 17.1. The summed E-state index contributed by atoms with van der Waals surface area (Å²) in [5, 5.41) is 3.32. The molecule has 0 aliphatic carbocycles. The van der Waals surface area contributed by atoms with Gasteiger partial charge in [0.2, 0.25) is 5.91 Å². The molecule has 0 saturated heterocycles. The smallest absolute Gasteiger partial charge is 0.219 e. The largest absolute Gasteiger partial charge is 0.356 e. The van der Waals surface area contributed by atoms with Gasteiger partial charge in [-0.15, -0.1) is 0 Å². The average molecular weight is 389 g/mol. The summed E-state index contributed by atoms with van der Waals surface area (Å²) < 4.78 is 17.3. The lowest BCUT2D eigenvalue weighted by molar-refractivity contribution is -0.120. The Morgan fingerprint density at radius 3 is 2.19 bits per heavy atom. The van der Waals surface area contributed by atoms with Crippen molar-refractivity contribution < 1.29 is 9.18 Å². The van der Waals surface area contributed by atoms with Crippen molar-refractivity contribution in [2.45, 2.75) is 45.0 Å². The lowest BCUT2D eigenvalue weighted by Gasteiger charge is -2.12. The van der Waals surface area contributed by atoms with E-state index in [2.05, 4.69) is 48.2 Å². The quantitative estimate of drug-likeness (QED) is 0.558. The van der Waals surface area contributed by atoms with Gasteiger partial charge in [0.25, 0.3) is 0 Å². The Balaban J connectivity index is 1.89. The molecule has 1 amide bonds. The molecule has 0 saturated carbocycles. The monoisotopic (exact) mass is 388 g/mol. The van der Waals surface area contributed by atoms with Crippen LogP contribution in [-0.2, 0) is 11.2 Å². The first-order valence-corrected chi connectivity index (χ1v) is 10.4. The molecule has 2 aromatic carbocycles. The summed E-state index contributed by atoms with van der Waals surface area (Å²) in [5.41, 5.74) is 4.05. The molecule has 5 heteroatoms. The number of halogens is 1. The number of rotatable bonds is 10. The predicted octanol–water partition coefficient (Wildman–Crippen LogP) is 5.08. The molecule has 0 spiro atoms. The molecule has 0 fully saturated rings. The van der Waals surface area contributed by atoms with E-state index >= 15 is 0 Å². The molecule has 0 heterocycles. The van der Waals surface area contributed by atoms with Gasteiger partial charge in [0.15, 0.2) is 0 Å². The number of hydrogen-bond acceptors (Lipinski definition) is 3. The first-order valence-electron chi connectivity index (χ1n) is 9.48. The summed E-state index contributed by atoms with van der Waals surface area (Å²) in [6.45, 7) is 6.97. The third-order valence-electron chi connectivity index (χ3n) is 4.20. The van der Waals surface area contributed by atoms with Crippen LogP contribution in [0, 0.1) is 0 Å². The molecule has 146 valence electrons. The van der Waals surface area contributed by atoms with Crippen LogP contribution >= 0.6 is 11.9 Å². The molecule has 27 heavy (non-hydrogen) atoms. The fraction of sp³-hybridized carbons (Fsp3) is 0.409.